The maximum Gasteiger partial charge on any atom is 0.127 e. The van der Waals surface area contributed by atoms with E-state index >= 15 is 0 Å². The van der Waals surface area contributed by atoms with Crippen molar-refractivity contribution in [2.45, 2.75) is 31.2 Å². The Bertz CT molecular complexity index is 566. The average molecular weight is 292 g/mol. The van der Waals surface area contributed by atoms with Gasteiger partial charge in [0.1, 0.15) is 5.82 Å². The second kappa shape index (κ2) is 6.38. The van der Waals surface area contributed by atoms with E-state index in [0.717, 1.165) is 29.5 Å². The van der Waals surface area contributed by atoms with Crippen molar-refractivity contribution in [3.05, 3.63) is 71.0 Å². The van der Waals surface area contributed by atoms with Crippen LogP contribution in [0.4, 0.5) is 4.39 Å². The van der Waals surface area contributed by atoms with Crippen molar-refractivity contribution in [2.75, 3.05) is 0 Å². The Morgan fingerprint density at radius 1 is 1.00 bits per heavy atom. The summed E-state index contributed by atoms with van der Waals surface area (Å²) in [5, 5.41) is 0. The second-order valence-corrected chi connectivity index (χ2v) is 5.30. The minimum Gasteiger partial charge on any atom is -0.320 e. The van der Waals surface area contributed by atoms with Gasteiger partial charge in [0, 0.05) is 0 Å². The van der Waals surface area contributed by atoms with E-state index in [1.165, 1.54) is 6.42 Å². The van der Waals surface area contributed by atoms with Crippen LogP contribution in [0.1, 0.15) is 47.9 Å². The molecule has 0 radical (unpaired) electrons. The summed E-state index contributed by atoms with van der Waals surface area (Å²) in [6.07, 6.45) is 3.44. The molecule has 1 aliphatic carbocycles. The summed E-state index contributed by atoms with van der Waals surface area (Å²) < 4.78 is 14.1. The highest BCUT2D eigenvalue weighted by Gasteiger charge is 2.23. The molecule has 1 nitrogen and oxygen atoms in total. The zero-order valence-corrected chi connectivity index (χ0v) is 12.1. The Morgan fingerprint density at radius 3 is 2.25 bits per heavy atom. The molecule has 106 valence electrons. The smallest absolute Gasteiger partial charge is 0.127 e. The van der Waals surface area contributed by atoms with E-state index in [9.17, 15) is 4.39 Å². The third-order valence-corrected chi connectivity index (χ3v) is 4.09. The Labute approximate surface area is 125 Å². The normalized spacial score (nSPS) is 16.1. The van der Waals surface area contributed by atoms with Gasteiger partial charge in [-0.3, -0.25) is 0 Å². The summed E-state index contributed by atoms with van der Waals surface area (Å²) in [5.74, 6) is 0.315. The fourth-order valence-corrected chi connectivity index (χ4v) is 2.64. The Morgan fingerprint density at radius 2 is 1.70 bits per heavy atom. The third kappa shape index (κ3) is 2.87. The number of halogens is 2. The topological polar surface area (TPSA) is 26.0 Å². The lowest BCUT2D eigenvalue weighted by Gasteiger charge is -2.26. The summed E-state index contributed by atoms with van der Waals surface area (Å²) in [4.78, 5) is 0. The molecule has 0 heterocycles. The van der Waals surface area contributed by atoms with E-state index in [2.05, 4.69) is 0 Å². The van der Waals surface area contributed by atoms with Crippen molar-refractivity contribution in [1.82, 2.24) is 0 Å². The van der Waals surface area contributed by atoms with Gasteiger partial charge in [0.2, 0.25) is 0 Å². The molecule has 2 aromatic rings. The predicted octanol–water partition coefficient (Wildman–Crippen LogP) is 4.56. The second-order valence-electron chi connectivity index (χ2n) is 5.30. The van der Waals surface area contributed by atoms with Crippen LogP contribution in [0, 0.1) is 5.82 Å². The molecule has 0 spiro atoms. The molecule has 2 aromatic carbocycles. The Balaban J connectivity index is 0.00000147. The van der Waals surface area contributed by atoms with Crippen LogP contribution >= 0.6 is 12.4 Å². The minimum atomic E-state index is -0.258. The molecule has 1 atom stereocenters. The van der Waals surface area contributed by atoms with Crippen molar-refractivity contribution in [3.8, 4) is 0 Å². The number of hydrogen-bond donors (Lipinski definition) is 1. The van der Waals surface area contributed by atoms with E-state index < -0.39 is 0 Å². The van der Waals surface area contributed by atoms with Gasteiger partial charge < -0.3 is 5.73 Å². The van der Waals surface area contributed by atoms with Crippen molar-refractivity contribution in [3.63, 3.8) is 0 Å². The van der Waals surface area contributed by atoms with Gasteiger partial charge in [0.25, 0.3) is 0 Å². The lowest BCUT2D eigenvalue weighted by molar-refractivity contribution is 0.404. The van der Waals surface area contributed by atoms with Crippen LogP contribution in [-0.4, -0.2) is 0 Å². The van der Waals surface area contributed by atoms with Crippen LogP contribution in [0.15, 0.2) is 48.5 Å². The highest BCUT2D eigenvalue weighted by molar-refractivity contribution is 5.85. The summed E-state index contributed by atoms with van der Waals surface area (Å²) in [5.41, 5.74) is 8.90. The summed E-state index contributed by atoms with van der Waals surface area (Å²) in [6, 6.07) is 15.0. The van der Waals surface area contributed by atoms with Gasteiger partial charge in [0.05, 0.1) is 6.04 Å². The summed E-state index contributed by atoms with van der Waals surface area (Å²) in [7, 11) is 0. The van der Waals surface area contributed by atoms with Gasteiger partial charge in [-0.05, 0) is 41.5 Å². The SMILES string of the molecule is Cl.N[C@@H](c1ccccc1)c1ccc(C2CCC2)c(F)c1. The Kier molecular flexibility index (Phi) is 4.79. The molecule has 0 aliphatic heterocycles. The molecule has 0 unspecified atom stereocenters. The van der Waals surface area contributed by atoms with Crippen molar-refractivity contribution in [2.24, 2.45) is 5.73 Å². The monoisotopic (exact) mass is 291 g/mol. The molecular formula is C17H19ClFN. The summed E-state index contributed by atoms with van der Waals surface area (Å²) >= 11 is 0. The fourth-order valence-electron chi connectivity index (χ4n) is 2.64. The van der Waals surface area contributed by atoms with E-state index in [-0.39, 0.29) is 24.3 Å². The molecule has 1 aliphatic rings. The molecule has 0 bridgehead atoms. The summed E-state index contributed by atoms with van der Waals surface area (Å²) in [6.45, 7) is 0. The van der Waals surface area contributed by atoms with Gasteiger partial charge >= 0.3 is 0 Å². The van der Waals surface area contributed by atoms with Crippen LogP contribution in [0.25, 0.3) is 0 Å². The van der Waals surface area contributed by atoms with E-state index in [0.29, 0.717) is 5.92 Å². The highest BCUT2D eigenvalue weighted by atomic mass is 35.5. The van der Waals surface area contributed by atoms with Crippen LogP contribution in [0.2, 0.25) is 0 Å². The highest BCUT2D eigenvalue weighted by Crippen LogP contribution is 2.38. The van der Waals surface area contributed by atoms with Crippen molar-refractivity contribution >= 4 is 12.4 Å². The molecule has 0 saturated heterocycles. The van der Waals surface area contributed by atoms with Crippen LogP contribution in [-0.2, 0) is 0 Å². The van der Waals surface area contributed by atoms with Gasteiger partial charge in [-0.1, -0.05) is 48.9 Å². The first-order valence-electron chi connectivity index (χ1n) is 6.85. The molecule has 20 heavy (non-hydrogen) atoms. The van der Waals surface area contributed by atoms with Crippen molar-refractivity contribution < 1.29 is 4.39 Å². The quantitative estimate of drug-likeness (QED) is 0.881. The largest absolute Gasteiger partial charge is 0.320 e. The number of rotatable bonds is 3. The average Bonchev–Trinajstić information content (AvgIpc) is 2.39. The first-order valence-corrected chi connectivity index (χ1v) is 6.85. The lowest BCUT2D eigenvalue weighted by Crippen LogP contribution is -2.14. The molecule has 0 aromatic heterocycles. The third-order valence-electron chi connectivity index (χ3n) is 4.09. The van der Waals surface area contributed by atoms with Gasteiger partial charge in [0.15, 0.2) is 0 Å². The number of hydrogen-bond acceptors (Lipinski definition) is 1. The molecule has 0 amide bonds. The first-order chi connectivity index (χ1) is 9.25. The molecule has 1 fully saturated rings. The van der Waals surface area contributed by atoms with Gasteiger partial charge in [-0.25, -0.2) is 4.39 Å². The molecule has 3 heteroatoms. The fraction of sp³-hybridized carbons (Fsp3) is 0.294. The van der Waals surface area contributed by atoms with E-state index in [1.54, 1.807) is 6.07 Å². The van der Waals surface area contributed by atoms with E-state index in [4.69, 9.17) is 5.73 Å². The minimum absolute atomic E-state index is 0. The lowest BCUT2D eigenvalue weighted by atomic mass is 9.79. The zero-order chi connectivity index (χ0) is 13.2. The molecule has 2 N–H and O–H groups in total. The maximum atomic E-state index is 14.1. The first kappa shape index (κ1) is 15.0. The molecule has 3 rings (SSSR count). The molecule has 1 saturated carbocycles. The maximum absolute atomic E-state index is 14.1. The zero-order valence-electron chi connectivity index (χ0n) is 11.3. The van der Waals surface area contributed by atoms with Crippen molar-refractivity contribution in [1.29, 1.82) is 0 Å². The predicted molar refractivity (Wildman–Crippen MR) is 82.7 cm³/mol. The van der Waals surface area contributed by atoms with E-state index in [1.807, 2.05) is 42.5 Å². The number of nitrogens with two attached hydrogens (primary N) is 1. The standard InChI is InChI=1S/C17H18FN.ClH/c18-16-11-14(9-10-15(16)12-7-4-8-12)17(19)13-5-2-1-3-6-13;/h1-3,5-6,9-12,17H,4,7-8,19H2;1H/t17-;/m0./s1. The van der Waals surface area contributed by atoms with Gasteiger partial charge in [-0.15, -0.1) is 12.4 Å². The van der Waals surface area contributed by atoms with Crippen LogP contribution in [0.5, 0.6) is 0 Å². The van der Waals surface area contributed by atoms with Crippen LogP contribution in [0.3, 0.4) is 0 Å². The Hall–Kier alpha value is -1.38. The number of benzene rings is 2. The molecular weight excluding hydrogens is 273 g/mol. The van der Waals surface area contributed by atoms with Crippen LogP contribution < -0.4 is 5.73 Å². The van der Waals surface area contributed by atoms with Gasteiger partial charge in [-0.2, -0.15) is 0 Å².